The predicted molar refractivity (Wildman–Crippen MR) is 65.3 cm³/mol. The fraction of sp³-hybridized carbons (Fsp3) is 0.250. The Bertz CT molecular complexity index is 752. The summed E-state index contributed by atoms with van der Waals surface area (Å²) in [6.07, 6.45) is 0.253. The molecule has 3 rings (SSSR count). The van der Waals surface area contributed by atoms with Crippen molar-refractivity contribution in [2.24, 2.45) is 12.2 Å². The van der Waals surface area contributed by atoms with Gasteiger partial charge in [-0.25, -0.2) is 4.79 Å². The second-order valence-corrected chi connectivity index (χ2v) is 4.29. The Labute approximate surface area is 102 Å². The molecule has 2 heterocycles. The van der Waals surface area contributed by atoms with Crippen LogP contribution >= 0.6 is 0 Å². The maximum Gasteiger partial charge on any atom is 0.328 e. The number of aromatic nitrogens is 2. The first-order valence-corrected chi connectivity index (χ1v) is 5.59. The molecule has 0 saturated heterocycles. The number of para-hydroxylation sites is 1. The second kappa shape index (κ2) is 3.56. The summed E-state index contributed by atoms with van der Waals surface area (Å²) in [6.45, 7) is 0.346. The van der Waals surface area contributed by atoms with Crippen LogP contribution in [-0.4, -0.2) is 25.8 Å². The third-order valence-electron chi connectivity index (χ3n) is 3.36. The molecule has 0 aliphatic carbocycles. The number of ketones is 1. The van der Waals surface area contributed by atoms with E-state index in [4.69, 9.17) is 5.21 Å². The number of Topliss-reactive ketones (excluding diaryl/α,β-unsaturated/α-hetero) is 1. The molecule has 0 atom stereocenters. The Morgan fingerprint density at radius 2 is 2.11 bits per heavy atom. The number of aryl methyl sites for hydroxylation is 2. The lowest BCUT2D eigenvalue weighted by Gasteiger charge is -2.00. The van der Waals surface area contributed by atoms with Crippen LogP contribution < -0.4 is 5.69 Å². The molecule has 2 aromatic rings. The lowest BCUT2D eigenvalue weighted by Crippen LogP contribution is -2.23. The van der Waals surface area contributed by atoms with Gasteiger partial charge in [0.05, 0.1) is 11.0 Å². The Morgan fingerprint density at radius 3 is 2.83 bits per heavy atom. The molecular weight excluding hydrogens is 234 g/mol. The SMILES string of the molecule is Cn1c(=O)n2c3c(cccc31)C(=O)/C(=N\O)CC2. The van der Waals surface area contributed by atoms with E-state index in [1.807, 2.05) is 0 Å². The van der Waals surface area contributed by atoms with Gasteiger partial charge < -0.3 is 5.21 Å². The standard InChI is InChI=1S/C12H11N3O3/c1-14-9-4-2-3-7-10(9)15(12(14)17)6-5-8(13-18)11(7)16/h2-4,18H,5-6H2,1H3/b13-8-. The van der Waals surface area contributed by atoms with Crippen molar-refractivity contribution >= 4 is 22.5 Å². The summed E-state index contributed by atoms with van der Waals surface area (Å²) in [6, 6.07) is 5.17. The normalized spacial score (nSPS) is 17.4. The minimum absolute atomic E-state index is 0.0910. The Kier molecular flexibility index (Phi) is 2.13. The number of imidazole rings is 1. The highest BCUT2D eigenvalue weighted by Gasteiger charge is 2.25. The van der Waals surface area contributed by atoms with E-state index in [1.54, 1.807) is 29.8 Å². The summed E-state index contributed by atoms with van der Waals surface area (Å²) in [4.78, 5) is 24.2. The van der Waals surface area contributed by atoms with E-state index in [-0.39, 0.29) is 23.6 Å². The van der Waals surface area contributed by atoms with Gasteiger partial charge in [0.15, 0.2) is 0 Å². The molecule has 0 amide bonds. The maximum atomic E-state index is 12.2. The molecule has 6 nitrogen and oxygen atoms in total. The highest BCUT2D eigenvalue weighted by Crippen LogP contribution is 2.22. The van der Waals surface area contributed by atoms with Crippen LogP contribution in [0.1, 0.15) is 16.8 Å². The molecule has 1 aliphatic rings. The maximum absolute atomic E-state index is 12.2. The third-order valence-corrected chi connectivity index (χ3v) is 3.36. The second-order valence-electron chi connectivity index (χ2n) is 4.29. The smallest absolute Gasteiger partial charge is 0.328 e. The molecule has 18 heavy (non-hydrogen) atoms. The first-order valence-electron chi connectivity index (χ1n) is 5.59. The summed E-state index contributed by atoms with van der Waals surface area (Å²) in [5.74, 6) is -0.319. The largest absolute Gasteiger partial charge is 0.411 e. The number of carbonyl (C=O) groups is 1. The van der Waals surface area contributed by atoms with Crippen LogP contribution in [-0.2, 0) is 13.6 Å². The van der Waals surface area contributed by atoms with E-state index in [2.05, 4.69) is 5.16 Å². The molecule has 6 heteroatoms. The van der Waals surface area contributed by atoms with Crippen molar-refractivity contribution in [1.29, 1.82) is 0 Å². The van der Waals surface area contributed by atoms with Crippen LogP contribution in [0.2, 0.25) is 0 Å². The van der Waals surface area contributed by atoms with E-state index >= 15 is 0 Å². The van der Waals surface area contributed by atoms with Gasteiger partial charge in [0, 0.05) is 25.6 Å². The van der Waals surface area contributed by atoms with Crippen LogP contribution in [0.3, 0.4) is 0 Å². The molecule has 1 aliphatic heterocycles. The molecule has 92 valence electrons. The van der Waals surface area contributed by atoms with Crippen LogP contribution in [0.15, 0.2) is 28.1 Å². The number of rotatable bonds is 0. The minimum atomic E-state index is -0.319. The zero-order valence-corrected chi connectivity index (χ0v) is 9.75. The molecule has 0 radical (unpaired) electrons. The van der Waals surface area contributed by atoms with E-state index in [9.17, 15) is 9.59 Å². The molecule has 0 fully saturated rings. The lowest BCUT2D eigenvalue weighted by molar-refractivity contribution is 0.106. The minimum Gasteiger partial charge on any atom is -0.411 e. The van der Waals surface area contributed by atoms with Crippen molar-refractivity contribution in [1.82, 2.24) is 9.13 Å². The third kappa shape index (κ3) is 1.20. The summed E-state index contributed by atoms with van der Waals surface area (Å²) >= 11 is 0. The van der Waals surface area contributed by atoms with Gasteiger partial charge in [0.2, 0.25) is 5.78 Å². The van der Waals surface area contributed by atoms with E-state index in [0.717, 1.165) is 0 Å². The van der Waals surface area contributed by atoms with Crippen molar-refractivity contribution < 1.29 is 10.0 Å². The topological polar surface area (TPSA) is 76.6 Å². The summed E-state index contributed by atoms with van der Waals surface area (Å²) in [5.41, 5.74) is 1.67. The summed E-state index contributed by atoms with van der Waals surface area (Å²) in [5, 5.41) is 11.9. The molecule has 1 N–H and O–H groups in total. The van der Waals surface area contributed by atoms with E-state index in [0.29, 0.717) is 23.1 Å². The number of nitrogens with zero attached hydrogens (tertiary/aromatic N) is 3. The fourth-order valence-corrected chi connectivity index (χ4v) is 2.44. The average molecular weight is 245 g/mol. The van der Waals surface area contributed by atoms with Gasteiger partial charge in [-0.3, -0.25) is 13.9 Å². The van der Waals surface area contributed by atoms with Gasteiger partial charge in [-0.15, -0.1) is 0 Å². The van der Waals surface area contributed by atoms with E-state index < -0.39 is 0 Å². The molecule has 0 saturated carbocycles. The monoisotopic (exact) mass is 245 g/mol. The molecular formula is C12H11N3O3. The van der Waals surface area contributed by atoms with Gasteiger partial charge in [0.1, 0.15) is 5.71 Å². The number of oxime groups is 1. The van der Waals surface area contributed by atoms with Crippen molar-refractivity contribution in [2.45, 2.75) is 13.0 Å². The molecule has 0 spiro atoms. The fourth-order valence-electron chi connectivity index (χ4n) is 2.44. The molecule has 1 aromatic heterocycles. The number of hydrogen-bond donors (Lipinski definition) is 1. The van der Waals surface area contributed by atoms with E-state index in [1.165, 1.54) is 4.57 Å². The number of benzene rings is 1. The van der Waals surface area contributed by atoms with Gasteiger partial charge in [-0.05, 0) is 12.1 Å². The lowest BCUT2D eigenvalue weighted by atomic mass is 10.0. The van der Waals surface area contributed by atoms with Gasteiger partial charge in [-0.1, -0.05) is 11.2 Å². The number of carbonyl (C=O) groups excluding carboxylic acids is 1. The Hall–Kier alpha value is -2.37. The van der Waals surface area contributed by atoms with Crippen molar-refractivity contribution in [3.05, 3.63) is 34.2 Å². The first kappa shape index (κ1) is 10.8. The van der Waals surface area contributed by atoms with Gasteiger partial charge >= 0.3 is 5.69 Å². The van der Waals surface area contributed by atoms with Crippen molar-refractivity contribution in [3.63, 3.8) is 0 Å². The highest BCUT2D eigenvalue weighted by molar-refractivity contribution is 6.47. The number of hydrogen-bond acceptors (Lipinski definition) is 4. The Morgan fingerprint density at radius 1 is 1.33 bits per heavy atom. The van der Waals surface area contributed by atoms with Crippen molar-refractivity contribution in [3.8, 4) is 0 Å². The van der Waals surface area contributed by atoms with Crippen LogP contribution in [0, 0.1) is 0 Å². The van der Waals surface area contributed by atoms with Crippen LogP contribution in [0.4, 0.5) is 0 Å². The zero-order valence-electron chi connectivity index (χ0n) is 9.75. The Balaban J connectivity index is 2.48. The molecule has 1 aromatic carbocycles. The van der Waals surface area contributed by atoms with Crippen LogP contribution in [0.25, 0.3) is 11.0 Å². The quantitative estimate of drug-likeness (QED) is 0.549. The van der Waals surface area contributed by atoms with Crippen LogP contribution in [0.5, 0.6) is 0 Å². The summed E-state index contributed by atoms with van der Waals surface area (Å²) in [7, 11) is 1.68. The van der Waals surface area contributed by atoms with Gasteiger partial charge in [0.25, 0.3) is 0 Å². The molecule has 0 unspecified atom stereocenters. The molecule has 0 bridgehead atoms. The van der Waals surface area contributed by atoms with Gasteiger partial charge in [-0.2, -0.15) is 0 Å². The highest BCUT2D eigenvalue weighted by atomic mass is 16.4. The first-order chi connectivity index (χ1) is 8.65. The summed E-state index contributed by atoms with van der Waals surface area (Å²) < 4.78 is 3.08. The zero-order chi connectivity index (χ0) is 12.9. The average Bonchev–Trinajstić information content (AvgIpc) is 2.56. The van der Waals surface area contributed by atoms with Crippen molar-refractivity contribution in [2.75, 3.05) is 0 Å². The predicted octanol–water partition coefficient (Wildman–Crippen LogP) is 0.757.